The highest BCUT2D eigenvalue weighted by Crippen LogP contribution is 2.35. The Morgan fingerprint density at radius 2 is 1.89 bits per heavy atom. The molecule has 10 heteroatoms. The third-order valence-corrected chi connectivity index (χ3v) is 4.60. The molecule has 0 atom stereocenters. The maximum absolute atomic E-state index is 13.2. The van der Waals surface area contributed by atoms with Crippen molar-refractivity contribution in [1.29, 1.82) is 0 Å². The molecule has 1 aromatic carbocycles. The molecule has 0 saturated heterocycles. The number of hydrogen-bond acceptors (Lipinski definition) is 5. The molecule has 0 aliphatic rings. The summed E-state index contributed by atoms with van der Waals surface area (Å²) < 4.78 is 71.6. The molecule has 0 saturated carbocycles. The van der Waals surface area contributed by atoms with Crippen molar-refractivity contribution in [2.24, 2.45) is 0 Å². The standard InChI is InChI=1S/C17H12F5NO3S/c18-16(19,25-17(20,21)26-22)5-7-24-13-4-3-11-8-14(27-15(11)9-13)12-2-1-6-23-10-12/h1-4,6,8-10H,5,7H2. The van der Waals surface area contributed by atoms with Gasteiger partial charge in [-0.3, -0.25) is 4.98 Å². The molecule has 3 rings (SSSR count). The minimum atomic E-state index is -5.03. The van der Waals surface area contributed by atoms with Gasteiger partial charge in [-0.05, 0) is 40.2 Å². The fourth-order valence-electron chi connectivity index (χ4n) is 2.28. The van der Waals surface area contributed by atoms with Crippen LogP contribution in [0, 0.1) is 0 Å². The minimum absolute atomic E-state index is 0.284. The molecule has 144 valence electrons. The summed E-state index contributed by atoms with van der Waals surface area (Å²) in [6, 6.07) is 10.7. The quantitative estimate of drug-likeness (QED) is 0.351. The number of ether oxygens (including phenoxy) is 2. The lowest BCUT2D eigenvalue weighted by atomic mass is 10.2. The summed E-state index contributed by atoms with van der Waals surface area (Å²) in [5.74, 6) is 0.284. The van der Waals surface area contributed by atoms with Gasteiger partial charge in [0.25, 0.3) is 0 Å². The number of aromatic nitrogens is 1. The second kappa shape index (κ2) is 7.75. The molecule has 0 spiro atoms. The zero-order valence-electron chi connectivity index (χ0n) is 13.5. The van der Waals surface area contributed by atoms with Gasteiger partial charge in [0.15, 0.2) is 0 Å². The monoisotopic (exact) mass is 405 g/mol. The van der Waals surface area contributed by atoms with Crippen molar-refractivity contribution in [3.8, 4) is 16.2 Å². The lowest BCUT2D eigenvalue weighted by Gasteiger charge is -2.20. The Hall–Kier alpha value is -2.30. The molecule has 0 amide bonds. The number of thiophene rings is 1. The Morgan fingerprint density at radius 1 is 1.07 bits per heavy atom. The zero-order chi connectivity index (χ0) is 19.5. The molecule has 0 bridgehead atoms. The molecule has 2 heterocycles. The number of hydrogen-bond donors (Lipinski definition) is 0. The Labute approximate surface area is 154 Å². The fraction of sp³-hybridized carbons (Fsp3) is 0.235. The number of fused-ring (bicyclic) bond motifs is 1. The number of alkyl halides is 4. The lowest BCUT2D eigenvalue weighted by molar-refractivity contribution is -0.516. The van der Waals surface area contributed by atoms with Gasteiger partial charge in [-0.15, -0.1) is 20.1 Å². The molecular formula is C17H12F5NO3S. The van der Waals surface area contributed by atoms with Gasteiger partial charge < -0.3 is 4.74 Å². The normalized spacial score (nSPS) is 12.5. The van der Waals surface area contributed by atoms with Gasteiger partial charge in [0, 0.05) is 27.5 Å². The van der Waals surface area contributed by atoms with E-state index in [0.29, 0.717) is 0 Å². The molecular weight excluding hydrogens is 393 g/mol. The van der Waals surface area contributed by atoms with E-state index in [1.807, 2.05) is 23.1 Å². The molecule has 2 aromatic heterocycles. The molecule has 0 aliphatic carbocycles. The second-order valence-electron chi connectivity index (χ2n) is 5.43. The first kappa shape index (κ1) is 19.5. The third kappa shape index (κ3) is 5.12. The molecule has 0 fully saturated rings. The van der Waals surface area contributed by atoms with Crippen LogP contribution in [-0.4, -0.2) is 24.0 Å². The maximum atomic E-state index is 13.2. The van der Waals surface area contributed by atoms with Crippen LogP contribution in [0.1, 0.15) is 6.42 Å². The van der Waals surface area contributed by atoms with Crippen LogP contribution in [0.5, 0.6) is 5.75 Å². The highest BCUT2D eigenvalue weighted by atomic mass is 32.1. The van der Waals surface area contributed by atoms with E-state index < -0.39 is 25.4 Å². The van der Waals surface area contributed by atoms with Crippen molar-refractivity contribution in [1.82, 2.24) is 4.98 Å². The van der Waals surface area contributed by atoms with Crippen molar-refractivity contribution < 1.29 is 36.5 Å². The Kier molecular flexibility index (Phi) is 5.59. The molecule has 0 aliphatic heterocycles. The number of rotatable bonds is 8. The van der Waals surface area contributed by atoms with Crippen LogP contribution in [0.15, 0.2) is 48.8 Å². The van der Waals surface area contributed by atoms with Gasteiger partial charge in [0.2, 0.25) is 0 Å². The van der Waals surface area contributed by atoms with Crippen LogP contribution in [0.4, 0.5) is 22.1 Å². The van der Waals surface area contributed by atoms with E-state index >= 15 is 0 Å². The molecule has 0 radical (unpaired) electrons. The maximum Gasteiger partial charge on any atom is 0.521 e. The van der Waals surface area contributed by atoms with Crippen LogP contribution < -0.4 is 4.74 Å². The number of benzene rings is 1. The second-order valence-corrected chi connectivity index (χ2v) is 6.51. The van der Waals surface area contributed by atoms with Crippen LogP contribution >= 0.6 is 11.3 Å². The first-order valence-corrected chi connectivity index (χ1v) is 8.42. The highest BCUT2D eigenvalue weighted by Gasteiger charge is 2.46. The van der Waals surface area contributed by atoms with E-state index in [2.05, 4.69) is 9.72 Å². The lowest BCUT2D eigenvalue weighted by Crippen LogP contribution is -2.34. The fourth-order valence-corrected chi connectivity index (χ4v) is 3.36. The van der Waals surface area contributed by atoms with Gasteiger partial charge in [0.05, 0.1) is 13.0 Å². The van der Waals surface area contributed by atoms with Gasteiger partial charge in [-0.2, -0.15) is 8.78 Å². The van der Waals surface area contributed by atoms with Crippen molar-refractivity contribution in [2.75, 3.05) is 6.61 Å². The predicted molar refractivity (Wildman–Crippen MR) is 88.3 cm³/mol. The van der Waals surface area contributed by atoms with Crippen LogP contribution in [0.2, 0.25) is 0 Å². The average Bonchev–Trinajstić information content (AvgIpc) is 3.05. The molecule has 3 aromatic rings. The Bertz CT molecular complexity index is 904. The molecule has 4 nitrogen and oxygen atoms in total. The highest BCUT2D eigenvalue weighted by molar-refractivity contribution is 7.22. The van der Waals surface area contributed by atoms with Gasteiger partial charge >= 0.3 is 12.4 Å². The first-order chi connectivity index (χ1) is 12.8. The summed E-state index contributed by atoms with van der Waals surface area (Å²) in [5.41, 5.74) is 0.939. The Morgan fingerprint density at radius 3 is 2.59 bits per heavy atom. The van der Waals surface area contributed by atoms with Crippen molar-refractivity contribution >= 4 is 21.4 Å². The van der Waals surface area contributed by atoms with E-state index in [9.17, 15) is 22.1 Å². The third-order valence-electron chi connectivity index (χ3n) is 3.46. The number of pyridine rings is 1. The zero-order valence-corrected chi connectivity index (χ0v) is 14.3. The summed E-state index contributed by atoms with van der Waals surface area (Å²) in [4.78, 5) is 7.08. The van der Waals surface area contributed by atoms with E-state index in [1.54, 1.807) is 30.6 Å². The van der Waals surface area contributed by atoms with Crippen molar-refractivity contribution in [3.05, 3.63) is 48.8 Å². The molecule has 0 unspecified atom stereocenters. The van der Waals surface area contributed by atoms with Crippen molar-refractivity contribution in [2.45, 2.75) is 18.8 Å². The Balaban J connectivity index is 1.64. The molecule has 0 N–H and O–H groups in total. The van der Waals surface area contributed by atoms with E-state index in [1.165, 1.54) is 11.3 Å². The first-order valence-electron chi connectivity index (χ1n) is 7.60. The largest absolute Gasteiger partial charge is 0.521 e. The van der Waals surface area contributed by atoms with Gasteiger partial charge in [-0.25, -0.2) is 4.74 Å². The van der Waals surface area contributed by atoms with E-state index in [-0.39, 0.29) is 5.75 Å². The van der Waals surface area contributed by atoms with Crippen LogP contribution in [-0.2, 0) is 9.68 Å². The summed E-state index contributed by atoms with van der Waals surface area (Å²) in [6.07, 6.45) is -7.17. The number of nitrogens with zero attached hydrogens (tertiary/aromatic N) is 1. The summed E-state index contributed by atoms with van der Waals surface area (Å²) in [6.45, 7) is -0.623. The van der Waals surface area contributed by atoms with Gasteiger partial charge in [-0.1, -0.05) is 11.0 Å². The van der Waals surface area contributed by atoms with E-state index in [4.69, 9.17) is 4.74 Å². The summed E-state index contributed by atoms with van der Waals surface area (Å²) in [7, 11) is 0. The predicted octanol–water partition coefficient (Wildman–Crippen LogP) is 5.79. The SMILES string of the molecule is FOC(F)(F)OC(F)(F)CCOc1ccc2cc(-c3cccnc3)sc2c1. The number of halogens is 5. The van der Waals surface area contributed by atoms with Crippen molar-refractivity contribution in [3.63, 3.8) is 0 Å². The topological polar surface area (TPSA) is 40.6 Å². The van der Waals surface area contributed by atoms with Gasteiger partial charge in [0.1, 0.15) is 5.75 Å². The summed E-state index contributed by atoms with van der Waals surface area (Å²) >= 11 is 1.46. The van der Waals surface area contributed by atoms with Crippen LogP contribution in [0.3, 0.4) is 0 Å². The smallest absolute Gasteiger partial charge is 0.493 e. The summed E-state index contributed by atoms with van der Waals surface area (Å²) in [5, 5.41) is 0.930. The van der Waals surface area contributed by atoms with Crippen LogP contribution in [0.25, 0.3) is 20.5 Å². The van der Waals surface area contributed by atoms with E-state index in [0.717, 1.165) is 20.5 Å². The minimum Gasteiger partial charge on any atom is -0.493 e. The molecule has 27 heavy (non-hydrogen) atoms. The average molecular weight is 405 g/mol.